The van der Waals surface area contributed by atoms with Crippen LogP contribution in [0.4, 0.5) is 5.69 Å². The fourth-order valence-electron chi connectivity index (χ4n) is 4.26. The lowest BCUT2D eigenvalue weighted by Gasteiger charge is -2.33. The van der Waals surface area contributed by atoms with Gasteiger partial charge < -0.3 is 10.2 Å². The maximum atomic E-state index is 14.0. The molecule has 3 aromatic carbocycles. The number of carbonyl (C=O) groups excluding carboxylic acids is 2. The molecule has 0 heterocycles. The number of amides is 2. The average Bonchev–Trinajstić information content (AvgIpc) is 2.91. The molecule has 0 aliphatic carbocycles. The summed E-state index contributed by atoms with van der Waals surface area (Å²) >= 11 is 0. The maximum absolute atomic E-state index is 14.0. The van der Waals surface area contributed by atoms with Crippen LogP contribution in [0.5, 0.6) is 0 Å². The van der Waals surface area contributed by atoms with Gasteiger partial charge in [0, 0.05) is 12.6 Å². The highest BCUT2D eigenvalue weighted by Gasteiger charge is 2.33. The van der Waals surface area contributed by atoms with E-state index in [0.717, 1.165) is 33.0 Å². The third-order valence-corrected chi connectivity index (χ3v) is 8.65. The predicted molar refractivity (Wildman–Crippen MR) is 156 cm³/mol. The van der Waals surface area contributed by atoms with Crippen LogP contribution in [0.1, 0.15) is 49.4 Å². The molecule has 1 N–H and O–H groups in total. The van der Waals surface area contributed by atoms with Crippen molar-refractivity contribution in [3.8, 4) is 0 Å². The van der Waals surface area contributed by atoms with Crippen LogP contribution in [-0.2, 0) is 26.2 Å². The smallest absolute Gasteiger partial charge is 0.264 e. The van der Waals surface area contributed by atoms with Gasteiger partial charge >= 0.3 is 0 Å². The zero-order chi connectivity index (χ0) is 28.7. The second-order valence-corrected chi connectivity index (χ2v) is 12.0. The van der Waals surface area contributed by atoms with Crippen LogP contribution in [0.2, 0.25) is 0 Å². The number of hydrogen-bond donors (Lipinski definition) is 1. The van der Waals surface area contributed by atoms with Crippen LogP contribution in [0.15, 0.2) is 77.7 Å². The van der Waals surface area contributed by atoms with Gasteiger partial charge in [0.2, 0.25) is 11.8 Å². The van der Waals surface area contributed by atoms with Crippen molar-refractivity contribution >= 4 is 27.5 Å². The zero-order valence-corrected chi connectivity index (χ0v) is 24.5. The molecular formula is C31H39N3O4S. The number of nitrogens with zero attached hydrogens (tertiary/aromatic N) is 2. The fraction of sp³-hybridized carbons (Fsp3) is 0.355. The molecule has 0 radical (unpaired) electrons. The van der Waals surface area contributed by atoms with Gasteiger partial charge in [-0.2, -0.15) is 0 Å². The van der Waals surface area contributed by atoms with Gasteiger partial charge in [0.25, 0.3) is 10.0 Å². The molecule has 2 amide bonds. The van der Waals surface area contributed by atoms with Gasteiger partial charge in [-0.1, -0.05) is 72.6 Å². The zero-order valence-electron chi connectivity index (χ0n) is 23.6. The van der Waals surface area contributed by atoms with E-state index in [1.165, 1.54) is 4.90 Å². The summed E-state index contributed by atoms with van der Waals surface area (Å²) in [5.41, 5.74) is 3.91. The van der Waals surface area contributed by atoms with E-state index >= 15 is 0 Å². The number of carbonyl (C=O) groups is 2. The lowest BCUT2D eigenvalue weighted by atomic mass is 10.1. The molecule has 0 aliphatic rings. The predicted octanol–water partition coefficient (Wildman–Crippen LogP) is 5.14. The molecule has 8 heteroatoms. The number of sulfonamides is 1. The van der Waals surface area contributed by atoms with E-state index in [4.69, 9.17) is 0 Å². The van der Waals surface area contributed by atoms with E-state index < -0.39 is 28.5 Å². The summed E-state index contributed by atoms with van der Waals surface area (Å²) in [7, 11) is -4.09. The molecule has 2 atom stereocenters. The summed E-state index contributed by atoms with van der Waals surface area (Å²) in [6.45, 7) is 10.9. The van der Waals surface area contributed by atoms with Crippen LogP contribution in [-0.4, -0.2) is 43.8 Å². The highest BCUT2D eigenvalue weighted by molar-refractivity contribution is 7.92. The molecule has 0 aliphatic heterocycles. The molecule has 3 rings (SSSR count). The minimum atomic E-state index is -4.09. The average molecular weight is 550 g/mol. The Labute approximate surface area is 232 Å². The van der Waals surface area contributed by atoms with Crippen molar-refractivity contribution in [3.05, 3.63) is 95.1 Å². The Morgan fingerprint density at radius 1 is 0.872 bits per heavy atom. The number of anilines is 1. The lowest BCUT2D eigenvalue weighted by Crippen LogP contribution is -2.52. The van der Waals surface area contributed by atoms with Gasteiger partial charge in [-0.25, -0.2) is 8.42 Å². The van der Waals surface area contributed by atoms with Crippen molar-refractivity contribution in [1.29, 1.82) is 0 Å². The summed E-state index contributed by atoms with van der Waals surface area (Å²) in [4.78, 5) is 28.6. The quantitative estimate of drug-likeness (QED) is 0.359. The molecule has 0 fully saturated rings. The van der Waals surface area contributed by atoms with Gasteiger partial charge in [-0.15, -0.1) is 0 Å². The third-order valence-electron chi connectivity index (χ3n) is 6.87. The topological polar surface area (TPSA) is 86.8 Å². The minimum absolute atomic E-state index is 0.0535. The molecular weight excluding hydrogens is 510 g/mol. The fourth-order valence-corrected chi connectivity index (χ4v) is 5.74. The Kier molecular flexibility index (Phi) is 9.92. The second kappa shape index (κ2) is 12.9. The highest BCUT2D eigenvalue weighted by Crippen LogP contribution is 2.28. The van der Waals surface area contributed by atoms with Crippen LogP contribution >= 0.6 is 0 Å². The molecule has 39 heavy (non-hydrogen) atoms. The first-order valence-electron chi connectivity index (χ1n) is 13.2. The first-order valence-corrected chi connectivity index (χ1v) is 14.7. The molecule has 0 aromatic heterocycles. The number of rotatable bonds is 11. The van der Waals surface area contributed by atoms with E-state index in [2.05, 4.69) is 5.32 Å². The highest BCUT2D eigenvalue weighted by atomic mass is 32.2. The van der Waals surface area contributed by atoms with Crippen LogP contribution in [0.25, 0.3) is 0 Å². The molecule has 0 saturated carbocycles. The van der Waals surface area contributed by atoms with Gasteiger partial charge in [-0.3, -0.25) is 13.9 Å². The largest absolute Gasteiger partial charge is 0.352 e. The third kappa shape index (κ3) is 7.47. The Morgan fingerprint density at radius 3 is 2.08 bits per heavy atom. The maximum Gasteiger partial charge on any atom is 0.264 e. The summed E-state index contributed by atoms with van der Waals surface area (Å²) in [6.07, 6.45) is 0.750. The Bertz CT molecular complexity index is 1390. The van der Waals surface area contributed by atoms with E-state index in [1.807, 2.05) is 77.1 Å². The molecule has 0 saturated heterocycles. The number of hydrogen-bond acceptors (Lipinski definition) is 4. The van der Waals surface area contributed by atoms with Gasteiger partial charge in [-0.05, 0) is 70.4 Å². The number of benzene rings is 3. The van der Waals surface area contributed by atoms with Crippen molar-refractivity contribution in [1.82, 2.24) is 10.2 Å². The van der Waals surface area contributed by atoms with E-state index in [-0.39, 0.29) is 23.4 Å². The summed E-state index contributed by atoms with van der Waals surface area (Å²) in [5, 5.41) is 2.95. The number of aryl methyl sites for hydroxylation is 3. The SMILES string of the molecule is CC[C@H](C)NC(=O)[C@H](C)N(Cc1ccccc1)C(=O)CN(c1ccc(C)cc1C)S(=O)(=O)c1ccc(C)cc1. The second-order valence-electron chi connectivity index (χ2n) is 10.1. The van der Waals surface area contributed by atoms with Crippen molar-refractivity contribution in [2.75, 3.05) is 10.8 Å². The summed E-state index contributed by atoms with van der Waals surface area (Å²) in [5.74, 6) is -0.755. The van der Waals surface area contributed by atoms with Gasteiger partial charge in [0.1, 0.15) is 12.6 Å². The first kappa shape index (κ1) is 29.9. The normalized spacial score (nSPS) is 12.9. The van der Waals surface area contributed by atoms with E-state index in [1.54, 1.807) is 37.3 Å². The van der Waals surface area contributed by atoms with Crippen molar-refractivity contribution in [2.45, 2.75) is 71.5 Å². The van der Waals surface area contributed by atoms with E-state index in [0.29, 0.717) is 5.69 Å². The Morgan fingerprint density at radius 2 is 1.49 bits per heavy atom. The molecule has 0 unspecified atom stereocenters. The summed E-state index contributed by atoms with van der Waals surface area (Å²) in [6, 6.07) is 20.5. The first-order chi connectivity index (χ1) is 18.4. The summed E-state index contributed by atoms with van der Waals surface area (Å²) < 4.78 is 29.1. The van der Waals surface area contributed by atoms with Crippen LogP contribution in [0.3, 0.4) is 0 Å². The molecule has 0 bridgehead atoms. The van der Waals surface area contributed by atoms with Gasteiger partial charge in [0.15, 0.2) is 0 Å². The van der Waals surface area contributed by atoms with E-state index in [9.17, 15) is 18.0 Å². The van der Waals surface area contributed by atoms with Crippen molar-refractivity contribution in [3.63, 3.8) is 0 Å². The molecule has 7 nitrogen and oxygen atoms in total. The van der Waals surface area contributed by atoms with Crippen molar-refractivity contribution in [2.24, 2.45) is 0 Å². The molecule has 3 aromatic rings. The van der Waals surface area contributed by atoms with Gasteiger partial charge in [0.05, 0.1) is 10.6 Å². The minimum Gasteiger partial charge on any atom is -0.352 e. The lowest BCUT2D eigenvalue weighted by molar-refractivity contribution is -0.139. The Hall–Kier alpha value is -3.65. The standard InChI is InChI=1S/C31H39N3O4S/c1-7-25(5)32-31(36)26(6)33(20-27-11-9-8-10-12-27)30(35)21-34(29-18-15-23(3)19-24(29)4)39(37,38)28-16-13-22(2)14-17-28/h8-19,25-26H,7,20-21H2,1-6H3,(H,32,36)/t25-,26-/m0/s1. The molecule has 0 spiro atoms. The monoisotopic (exact) mass is 549 g/mol. The Balaban J connectivity index is 2.04. The van der Waals surface area contributed by atoms with Crippen molar-refractivity contribution < 1.29 is 18.0 Å². The number of nitrogens with one attached hydrogen (secondary N) is 1. The molecule has 208 valence electrons. The van der Waals surface area contributed by atoms with Crippen LogP contribution in [0, 0.1) is 20.8 Å². The van der Waals surface area contributed by atoms with Crippen LogP contribution < -0.4 is 9.62 Å².